The van der Waals surface area contributed by atoms with Crippen molar-refractivity contribution in [3.8, 4) is 0 Å². The molecule has 0 radical (unpaired) electrons. The number of nitrogens with two attached hydrogens (primary N) is 1. The summed E-state index contributed by atoms with van der Waals surface area (Å²) < 4.78 is 0. The number of hydrogen-bond acceptors (Lipinski definition) is 4. The highest BCUT2D eigenvalue weighted by molar-refractivity contribution is 5.92. The van der Waals surface area contributed by atoms with E-state index in [1.807, 2.05) is 26.0 Å². The van der Waals surface area contributed by atoms with Gasteiger partial charge in [0.1, 0.15) is 0 Å². The van der Waals surface area contributed by atoms with E-state index in [4.69, 9.17) is 5.73 Å². The molecule has 21 heavy (non-hydrogen) atoms. The number of rotatable bonds is 7. The van der Waals surface area contributed by atoms with Gasteiger partial charge in [0.25, 0.3) is 0 Å². The molecule has 1 aromatic carbocycles. The maximum absolute atomic E-state index is 11.7. The summed E-state index contributed by atoms with van der Waals surface area (Å²) in [5, 5.41) is 15.7. The molecule has 0 aliphatic rings. The van der Waals surface area contributed by atoms with Crippen LogP contribution in [0.15, 0.2) is 18.2 Å². The second-order valence-corrected chi connectivity index (χ2v) is 6.44. The van der Waals surface area contributed by atoms with Gasteiger partial charge in [-0.15, -0.1) is 0 Å². The van der Waals surface area contributed by atoms with Crippen LogP contribution in [-0.2, 0) is 4.79 Å². The fourth-order valence-corrected chi connectivity index (χ4v) is 1.89. The first-order valence-corrected chi connectivity index (χ1v) is 7.33. The van der Waals surface area contributed by atoms with Crippen LogP contribution in [0.25, 0.3) is 0 Å². The van der Waals surface area contributed by atoms with Crippen LogP contribution in [0, 0.1) is 5.92 Å². The van der Waals surface area contributed by atoms with Crippen molar-refractivity contribution in [1.29, 1.82) is 0 Å². The molecule has 0 saturated carbocycles. The Morgan fingerprint density at radius 3 is 2.57 bits per heavy atom. The zero-order valence-corrected chi connectivity index (χ0v) is 13.4. The number of carbonyl (C=O) groups is 1. The Hall–Kier alpha value is -1.75. The van der Waals surface area contributed by atoms with Gasteiger partial charge < -0.3 is 21.5 Å². The van der Waals surface area contributed by atoms with Crippen LogP contribution in [0.2, 0.25) is 0 Å². The molecule has 0 aliphatic heterocycles. The Bertz CT molecular complexity index is 479. The topological polar surface area (TPSA) is 87.4 Å². The lowest BCUT2D eigenvalue weighted by atomic mass is 10.1. The molecular formula is C16H27N3O2. The minimum atomic E-state index is -0.702. The van der Waals surface area contributed by atoms with Crippen LogP contribution in [0.3, 0.4) is 0 Å². The predicted octanol–water partition coefficient (Wildman–Crippen LogP) is 2.83. The van der Waals surface area contributed by atoms with E-state index >= 15 is 0 Å². The summed E-state index contributed by atoms with van der Waals surface area (Å²) >= 11 is 0. The van der Waals surface area contributed by atoms with E-state index in [0.29, 0.717) is 36.7 Å². The van der Waals surface area contributed by atoms with Gasteiger partial charge in [0.05, 0.1) is 17.0 Å². The molecule has 0 saturated heterocycles. The van der Waals surface area contributed by atoms with E-state index in [1.165, 1.54) is 0 Å². The summed E-state index contributed by atoms with van der Waals surface area (Å²) in [5.74, 6) is 0.317. The zero-order chi connectivity index (χ0) is 16.0. The average molecular weight is 293 g/mol. The summed E-state index contributed by atoms with van der Waals surface area (Å²) in [7, 11) is 0. The standard InChI is InChI=1S/C16H27N3O2/c1-11(2)9-15(20)19-12-5-6-14(13(17)10-12)18-8-7-16(3,4)21/h5-6,10-11,18,21H,7-9,17H2,1-4H3,(H,19,20). The first kappa shape index (κ1) is 17.3. The average Bonchev–Trinajstić information content (AvgIpc) is 2.29. The Morgan fingerprint density at radius 1 is 1.38 bits per heavy atom. The predicted molar refractivity (Wildman–Crippen MR) is 88.3 cm³/mol. The maximum Gasteiger partial charge on any atom is 0.224 e. The largest absolute Gasteiger partial charge is 0.397 e. The second-order valence-electron chi connectivity index (χ2n) is 6.44. The number of carbonyl (C=O) groups excluding carboxylic acids is 1. The molecule has 118 valence electrons. The lowest BCUT2D eigenvalue weighted by Gasteiger charge is -2.18. The Kier molecular flexibility index (Phi) is 6.03. The number of nitrogens with one attached hydrogen (secondary N) is 2. The highest BCUT2D eigenvalue weighted by Gasteiger charge is 2.12. The molecule has 0 unspecified atom stereocenters. The first-order valence-electron chi connectivity index (χ1n) is 7.33. The molecule has 0 bridgehead atoms. The molecule has 0 spiro atoms. The third-order valence-electron chi connectivity index (χ3n) is 2.98. The molecule has 5 nitrogen and oxygen atoms in total. The van der Waals surface area contributed by atoms with Crippen molar-refractivity contribution in [2.24, 2.45) is 5.92 Å². The SMILES string of the molecule is CC(C)CC(=O)Nc1ccc(NCCC(C)(C)O)c(N)c1. The fourth-order valence-electron chi connectivity index (χ4n) is 1.89. The smallest absolute Gasteiger partial charge is 0.224 e. The molecule has 0 atom stereocenters. The van der Waals surface area contributed by atoms with Crippen LogP contribution in [-0.4, -0.2) is 23.2 Å². The monoisotopic (exact) mass is 293 g/mol. The molecule has 0 aliphatic carbocycles. The van der Waals surface area contributed by atoms with Crippen molar-refractivity contribution in [2.75, 3.05) is 22.9 Å². The van der Waals surface area contributed by atoms with Crippen molar-refractivity contribution in [3.05, 3.63) is 18.2 Å². The summed E-state index contributed by atoms with van der Waals surface area (Å²) in [6, 6.07) is 5.40. The van der Waals surface area contributed by atoms with E-state index in [9.17, 15) is 9.90 Å². The molecule has 5 N–H and O–H groups in total. The van der Waals surface area contributed by atoms with Crippen molar-refractivity contribution >= 4 is 23.0 Å². The molecule has 0 fully saturated rings. The normalized spacial score (nSPS) is 11.5. The summed E-state index contributed by atoms with van der Waals surface area (Å²) in [6.45, 7) is 8.18. The van der Waals surface area contributed by atoms with Gasteiger partial charge in [-0.2, -0.15) is 0 Å². The molecule has 5 heteroatoms. The number of hydrogen-bond donors (Lipinski definition) is 4. The van der Waals surface area contributed by atoms with Gasteiger partial charge in [-0.05, 0) is 44.4 Å². The first-order chi connectivity index (χ1) is 9.67. The van der Waals surface area contributed by atoms with Crippen LogP contribution < -0.4 is 16.4 Å². The van der Waals surface area contributed by atoms with Gasteiger partial charge in [-0.1, -0.05) is 13.8 Å². The zero-order valence-electron chi connectivity index (χ0n) is 13.4. The fraction of sp³-hybridized carbons (Fsp3) is 0.562. The maximum atomic E-state index is 11.7. The van der Waals surface area contributed by atoms with E-state index < -0.39 is 5.60 Å². The summed E-state index contributed by atoms with van der Waals surface area (Å²) in [4.78, 5) is 11.7. The van der Waals surface area contributed by atoms with Crippen LogP contribution in [0.5, 0.6) is 0 Å². The number of anilines is 3. The Labute approximate surface area is 126 Å². The van der Waals surface area contributed by atoms with Crippen LogP contribution >= 0.6 is 0 Å². The number of aliphatic hydroxyl groups is 1. The van der Waals surface area contributed by atoms with Crippen molar-refractivity contribution < 1.29 is 9.90 Å². The minimum Gasteiger partial charge on any atom is -0.397 e. The number of amides is 1. The van der Waals surface area contributed by atoms with Crippen molar-refractivity contribution in [1.82, 2.24) is 0 Å². The minimum absolute atomic E-state index is 0.00728. The lowest BCUT2D eigenvalue weighted by molar-refractivity contribution is -0.116. The van der Waals surface area contributed by atoms with E-state index in [0.717, 1.165) is 5.69 Å². The van der Waals surface area contributed by atoms with Gasteiger partial charge in [0.2, 0.25) is 5.91 Å². The van der Waals surface area contributed by atoms with Crippen LogP contribution in [0.1, 0.15) is 40.5 Å². The van der Waals surface area contributed by atoms with E-state index in [-0.39, 0.29) is 5.91 Å². The molecule has 1 amide bonds. The van der Waals surface area contributed by atoms with Gasteiger partial charge in [0.15, 0.2) is 0 Å². The highest BCUT2D eigenvalue weighted by Crippen LogP contribution is 2.23. The molecule has 0 aromatic heterocycles. The van der Waals surface area contributed by atoms with Crippen LogP contribution in [0.4, 0.5) is 17.1 Å². The number of nitrogen functional groups attached to an aromatic ring is 1. The van der Waals surface area contributed by atoms with Crippen molar-refractivity contribution in [2.45, 2.75) is 46.1 Å². The molecule has 0 heterocycles. The third-order valence-corrected chi connectivity index (χ3v) is 2.98. The third kappa shape index (κ3) is 6.99. The summed E-state index contributed by atoms with van der Waals surface area (Å²) in [5.41, 5.74) is 7.35. The number of benzene rings is 1. The van der Waals surface area contributed by atoms with Gasteiger partial charge in [-0.25, -0.2) is 0 Å². The highest BCUT2D eigenvalue weighted by atomic mass is 16.3. The van der Waals surface area contributed by atoms with Gasteiger partial charge in [0, 0.05) is 18.7 Å². The Morgan fingerprint density at radius 2 is 2.05 bits per heavy atom. The molecule has 1 rings (SSSR count). The lowest BCUT2D eigenvalue weighted by Crippen LogP contribution is -2.22. The van der Waals surface area contributed by atoms with E-state index in [1.54, 1.807) is 19.9 Å². The molecular weight excluding hydrogens is 266 g/mol. The Balaban J connectivity index is 2.57. The summed E-state index contributed by atoms with van der Waals surface area (Å²) in [6.07, 6.45) is 1.12. The van der Waals surface area contributed by atoms with Gasteiger partial charge >= 0.3 is 0 Å². The van der Waals surface area contributed by atoms with Crippen molar-refractivity contribution in [3.63, 3.8) is 0 Å². The van der Waals surface area contributed by atoms with Gasteiger partial charge in [-0.3, -0.25) is 4.79 Å². The second kappa shape index (κ2) is 7.31. The molecule has 1 aromatic rings. The van der Waals surface area contributed by atoms with E-state index in [2.05, 4.69) is 10.6 Å². The quantitative estimate of drug-likeness (QED) is 0.582.